The number of benzene rings is 3. The second-order valence-electron chi connectivity index (χ2n) is 4.88. The van der Waals surface area contributed by atoms with Gasteiger partial charge in [-0.15, -0.1) is 0 Å². The first-order valence-electron chi connectivity index (χ1n) is 6.38. The molecule has 0 aliphatic heterocycles. The van der Waals surface area contributed by atoms with Crippen LogP contribution in [0.3, 0.4) is 0 Å². The average molecular weight is 282 g/mol. The first-order valence-corrected chi connectivity index (χ1v) is 6.38. The fourth-order valence-electron chi connectivity index (χ4n) is 2.57. The van der Waals surface area contributed by atoms with E-state index < -0.39 is 17.1 Å². The molecule has 0 fully saturated rings. The standard InChI is InChI=1S/C17H8F2O2/c18-11-5-4-9-8-15-12(7-10(9)6-11)17(20)16-13(19)2-1-3-14(16)21-15/h1-8H. The van der Waals surface area contributed by atoms with Crippen molar-refractivity contribution in [2.24, 2.45) is 0 Å². The summed E-state index contributed by atoms with van der Waals surface area (Å²) < 4.78 is 32.7. The van der Waals surface area contributed by atoms with Gasteiger partial charge in [-0.25, -0.2) is 8.78 Å². The molecule has 21 heavy (non-hydrogen) atoms. The summed E-state index contributed by atoms with van der Waals surface area (Å²) in [6.45, 7) is 0. The van der Waals surface area contributed by atoms with Crippen LogP contribution in [0.5, 0.6) is 0 Å². The fourth-order valence-corrected chi connectivity index (χ4v) is 2.57. The van der Waals surface area contributed by atoms with Crippen molar-refractivity contribution in [1.29, 1.82) is 0 Å². The normalized spacial score (nSPS) is 11.5. The Labute approximate surface area is 117 Å². The molecular weight excluding hydrogens is 274 g/mol. The molecule has 1 aromatic heterocycles. The van der Waals surface area contributed by atoms with Crippen LogP contribution >= 0.6 is 0 Å². The van der Waals surface area contributed by atoms with Gasteiger partial charge in [0.25, 0.3) is 0 Å². The van der Waals surface area contributed by atoms with E-state index >= 15 is 0 Å². The van der Waals surface area contributed by atoms with Gasteiger partial charge in [-0.1, -0.05) is 12.1 Å². The lowest BCUT2D eigenvalue weighted by Gasteiger charge is -2.04. The van der Waals surface area contributed by atoms with Crippen molar-refractivity contribution in [2.75, 3.05) is 0 Å². The first kappa shape index (κ1) is 12.0. The van der Waals surface area contributed by atoms with Crippen molar-refractivity contribution >= 4 is 32.7 Å². The lowest BCUT2D eigenvalue weighted by Crippen LogP contribution is -2.04. The third-order valence-electron chi connectivity index (χ3n) is 3.57. The van der Waals surface area contributed by atoms with Crippen LogP contribution in [-0.2, 0) is 0 Å². The van der Waals surface area contributed by atoms with Crippen LogP contribution in [0.25, 0.3) is 32.7 Å². The molecule has 3 aromatic carbocycles. The third kappa shape index (κ3) is 1.72. The molecule has 102 valence electrons. The minimum atomic E-state index is -0.623. The van der Waals surface area contributed by atoms with Gasteiger partial charge in [0.05, 0.1) is 5.39 Å². The van der Waals surface area contributed by atoms with Gasteiger partial charge in [-0.05, 0) is 47.2 Å². The number of hydrogen-bond donors (Lipinski definition) is 0. The Bertz CT molecular complexity index is 1080. The fraction of sp³-hybridized carbons (Fsp3) is 0. The summed E-state index contributed by atoms with van der Waals surface area (Å²) >= 11 is 0. The molecule has 0 aliphatic rings. The predicted octanol–water partition coefficient (Wildman–Crippen LogP) is 4.38. The van der Waals surface area contributed by atoms with Crippen LogP contribution in [0.2, 0.25) is 0 Å². The van der Waals surface area contributed by atoms with E-state index in [1.54, 1.807) is 18.2 Å². The highest BCUT2D eigenvalue weighted by Gasteiger charge is 2.12. The SMILES string of the molecule is O=c1c2cc3cc(F)ccc3cc2oc2cccc(F)c12. The van der Waals surface area contributed by atoms with E-state index in [-0.39, 0.29) is 16.4 Å². The molecule has 0 saturated heterocycles. The number of halogens is 2. The summed E-state index contributed by atoms with van der Waals surface area (Å²) in [5.74, 6) is -1.01. The Hall–Kier alpha value is -2.75. The predicted molar refractivity (Wildman–Crippen MR) is 77.4 cm³/mol. The Balaban J connectivity index is 2.26. The molecule has 1 heterocycles. The van der Waals surface area contributed by atoms with Gasteiger partial charge in [0.1, 0.15) is 28.2 Å². The molecule has 0 radical (unpaired) electrons. The van der Waals surface area contributed by atoms with E-state index in [1.807, 2.05) is 0 Å². The zero-order chi connectivity index (χ0) is 14.6. The van der Waals surface area contributed by atoms with E-state index in [0.29, 0.717) is 11.0 Å². The monoisotopic (exact) mass is 282 g/mol. The number of rotatable bonds is 0. The molecule has 0 amide bonds. The maximum absolute atomic E-state index is 13.8. The molecular formula is C17H8F2O2. The zero-order valence-corrected chi connectivity index (χ0v) is 10.7. The molecule has 0 saturated carbocycles. The Kier molecular flexibility index (Phi) is 2.36. The van der Waals surface area contributed by atoms with E-state index in [0.717, 1.165) is 5.39 Å². The molecule has 0 spiro atoms. The van der Waals surface area contributed by atoms with Gasteiger partial charge < -0.3 is 4.42 Å². The molecule has 0 N–H and O–H groups in total. The molecule has 2 nitrogen and oxygen atoms in total. The Morgan fingerprint density at radius 3 is 2.57 bits per heavy atom. The maximum Gasteiger partial charge on any atom is 0.203 e. The average Bonchev–Trinajstić information content (AvgIpc) is 2.46. The van der Waals surface area contributed by atoms with Crippen molar-refractivity contribution in [3.05, 3.63) is 70.4 Å². The zero-order valence-electron chi connectivity index (χ0n) is 10.7. The summed E-state index contributed by atoms with van der Waals surface area (Å²) in [7, 11) is 0. The van der Waals surface area contributed by atoms with Crippen molar-refractivity contribution in [2.45, 2.75) is 0 Å². The van der Waals surface area contributed by atoms with Crippen molar-refractivity contribution in [1.82, 2.24) is 0 Å². The van der Waals surface area contributed by atoms with Crippen molar-refractivity contribution < 1.29 is 13.2 Å². The van der Waals surface area contributed by atoms with Gasteiger partial charge in [-0.3, -0.25) is 4.79 Å². The molecule has 0 atom stereocenters. The third-order valence-corrected chi connectivity index (χ3v) is 3.57. The lowest BCUT2D eigenvalue weighted by atomic mass is 10.1. The van der Waals surface area contributed by atoms with Crippen LogP contribution in [0.4, 0.5) is 8.78 Å². The molecule has 4 rings (SSSR count). The van der Waals surface area contributed by atoms with Crippen molar-refractivity contribution in [3.63, 3.8) is 0 Å². The number of hydrogen-bond acceptors (Lipinski definition) is 2. The van der Waals surface area contributed by atoms with E-state index in [1.165, 1.54) is 30.3 Å². The van der Waals surface area contributed by atoms with Crippen LogP contribution in [-0.4, -0.2) is 0 Å². The first-order chi connectivity index (χ1) is 10.1. The summed E-state index contributed by atoms with van der Waals surface area (Å²) in [5.41, 5.74) is 0.113. The molecule has 0 bridgehead atoms. The highest BCUT2D eigenvalue weighted by molar-refractivity contribution is 5.99. The van der Waals surface area contributed by atoms with Crippen LogP contribution in [0.15, 0.2) is 57.7 Å². The van der Waals surface area contributed by atoms with Gasteiger partial charge in [0, 0.05) is 0 Å². The van der Waals surface area contributed by atoms with E-state index in [2.05, 4.69) is 0 Å². The topological polar surface area (TPSA) is 30.2 Å². The van der Waals surface area contributed by atoms with Gasteiger partial charge >= 0.3 is 0 Å². The molecule has 0 aliphatic carbocycles. The van der Waals surface area contributed by atoms with Gasteiger partial charge in [0.15, 0.2) is 0 Å². The second-order valence-corrected chi connectivity index (χ2v) is 4.88. The van der Waals surface area contributed by atoms with Gasteiger partial charge in [-0.2, -0.15) is 0 Å². The van der Waals surface area contributed by atoms with E-state index in [4.69, 9.17) is 4.42 Å². The van der Waals surface area contributed by atoms with E-state index in [9.17, 15) is 13.6 Å². The molecule has 0 unspecified atom stereocenters. The summed E-state index contributed by atoms with van der Waals surface area (Å²) in [6.07, 6.45) is 0. The van der Waals surface area contributed by atoms with Crippen LogP contribution in [0, 0.1) is 11.6 Å². The quantitative estimate of drug-likeness (QED) is 0.448. The summed E-state index contributed by atoms with van der Waals surface area (Å²) in [6, 6.07) is 11.7. The minimum absolute atomic E-state index is 0.0826. The summed E-state index contributed by atoms with van der Waals surface area (Å²) in [4.78, 5) is 12.4. The Morgan fingerprint density at radius 2 is 1.71 bits per heavy atom. The van der Waals surface area contributed by atoms with Crippen LogP contribution < -0.4 is 5.43 Å². The highest BCUT2D eigenvalue weighted by Crippen LogP contribution is 2.25. The maximum atomic E-state index is 13.8. The highest BCUT2D eigenvalue weighted by atomic mass is 19.1. The Morgan fingerprint density at radius 1 is 0.857 bits per heavy atom. The number of fused-ring (bicyclic) bond motifs is 3. The second kappa shape index (κ2) is 4.12. The molecule has 4 heteroatoms. The van der Waals surface area contributed by atoms with Crippen LogP contribution in [0.1, 0.15) is 0 Å². The lowest BCUT2D eigenvalue weighted by molar-refractivity contribution is 0.624. The smallest absolute Gasteiger partial charge is 0.203 e. The molecule has 4 aromatic rings. The minimum Gasteiger partial charge on any atom is -0.456 e. The largest absolute Gasteiger partial charge is 0.456 e. The van der Waals surface area contributed by atoms with Gasteiger partial charge in [0.2, 0.25) is 5.43 Å². The van der Waals surface area contributed by atoms with Crippen molar-refractivity contribution in [3.8, 4) is 0 Å². The summed E-state index contributed by atoms with van der Waals surface area (Å²) in [5, 5.41) is 1.49.